The van der Waals surface area contributed by atoms with E-state index in [0.29, 0.717) is 34.1 Å². The van der Waals surface area contributed by atoms with Crippen molar-refractivity contribution in [2.75, 3.05) is 0 Å². The standard InChI is InChI=1S/C34H16N6/c35-17-24(18-36)29-27-15-22(20-7-3-1-4-8-20)11-13-25(27)31-33(29)39-32-26-14-12-23(21-9-5-2-6-10-21)16-28(26)30(38-19-37)34(32)40-31/h1-16H. The molecular weight excluding hydrogens is 492 g/mol. The number of rotatable bonds is 2. The van der Waals surface area contributed by atoms with E-state index in [1.54, 1.807) is 0 Å². The van der Waals surface area contributed by atoms with Crippen molar-refractivity contribution in [3.8, 4) is 63.1 Å². The molecule has 0 radical (unpaired) electrons. The van der Waals surface area contributed by atoms with Crippen LogP contribution in [0.5, 0.6) is 0 Å². The summed E-state index contributed by atoms with van der Waals surface area (Å²) in [6.07, 6.45) is 1.93. The molecule has 5 aromatic rings. The van der Waals surface area contributed by atoms with Gasteiger partial charge in [-0.2, -0.15) is 20.8 Å². The van der Waals surface area contributed by atoms with Crippen molar-refractivity contribution in [1.82, 2.24) is 9.97 Å². The molecule has 182 valence electrons. The summed E-state index contributed by atoms with van der Waals surface area (Å²) in [6.45, 7) is 0. The van der Waals surface area contributed by atoms with E-state index < -0.39 is 0 Å². The fourth-order valence-corrected chi connectivity index (χ4v) is 5.48. The Morgan fingerprint density at radius 1 is 0.525 bits per heavy atom. The summed E-state index contributed by atoms with van der Waals surface area (Å²) >= 11 is 0. The smallest absolute Gasteiger partial charge is 0.206 e. The fraction of sp³-hybridized carbons (Fsp3) is 0. The van der Waals surface area contributed by atoms with Crippen LogP contribution < -0.4 is 0 Å². The molecule has 1 aromatic heterocycles. The van der Waals surface area contributed by atoms with E-state index in [1.807, 2.05) is 103 Å². The Morgan fingerprint density at radius 2 is 1.05 bits per heavy atom. The van der Waals surface area contributed by atoms with Crippen LogP contribution in [0.2, 0.25) is 0 Å². The quantitative estimate of drug-likeness (QED) is 0.186. The molecule has 0 bridgehead atoms. The second-order valence-corrected chi connectivity index (χ2v) is 9.40. The molecule has 0 saturated carbocycles. The number of hydrogen-bond donors (Lipinski definition) is 0. The lowest BCUT2D eigenvalue weighted by Gasteiger charge is -2.07. The SMILES string of the molecule is N#CN=C1c2cc(-c3ccccc3)ccc2-c2nc3c(nc21)-c1ccc(-c2ccccc2)cc1C3=C(C#N)C#N. The van der Waals surface area contributed by atoms with Gasteiger partial charge in [-0.05, 0) is 39.9 Å². The third-order valence-electron chi connectivity index (χ3n) is 7.28. The van der Waals surface area contributed by atoms with Crippen molar-refractivity contribution in [3.63, 3.8) is 0 Å². The number of aliphatic imine (C=N–C) groups is 1. The minimum atomic E-state index is -0.0250. The van der Waals surface area contributed by atoms with Crippen LogP contribution in [-0.2, 0) is 0 Å². The molecule has 2 aliphatic carbocycles. The first-order valence-electron chi connectivity index (χ1n) is 12.6. The maximum Gasteiger partial charge on any atom is 0.206 e. The summed E-state index contributed by atoms with van der Waals surface area (Å²) in [5, 5.41) is 29.4. The number of aromatic nitrogens is 2. The van der Waals surface area contributed by atoms with Gasteiger partial charge in [-0.25, -0.2) is 9.97 Å². The number of benzene rings is 4. The number of fused-ring (bicyclic) bond motifs is 6. The van der Waals surface area contributed by atoms with Gasteiger partial charge in [-0.15, -0.1) is 0 Å². The summed E-state index contributed by atoms with van der Waals surface area (Å²) in [6, 6.07) is 35.9. The molecule has 0 atom stereocenters. The maximum absolute atomic E-state index is 9.89. The first kappa shape index (κ1) is 23.0. The van der Waals surface area contributed by atoms with Crippen LogP contribution >= 0.6 is 0 Å². The number of nitriles is 3. The average molecular weight is 509 g/mol. The van der Waals surface area contributed by atoms with Gasteiger partial charge >= 0.3 is 0 Å². The van der Waals surface area contributed by atoms with E-state index in [0.717, 1.165) is 44.5 Å². The lowest BCUT2D eigenvalue weighted by atomic mass is 9.96. The van der Waals surface area contributed by atoms with E-state index in [-0.39, 0.29) is 5.57 Å². The molecule has 0 fully saturated rings. The summed E-state index contributed by atoms with van der Waals surface area (Å²) in [5.41, 5.74) is 10.1. The van der Waals surface area contributed by atoms with Gasteiger partial charge in [-0.3, -0.25) is 0 Å². The highest BCUT2D eigenvalue weighted by atomic mass is 14.9. The number of nitrogens with zero attached hydrogens (tertiary/aromatic N) is 6. The van der Waals surface area contributed by atoms with Gasteiger partial charge in [0.05, 0.1) is 11.4 Å². The average Bonchev–Trinajstić information content (AvgIpc) is 3.49. The first-order valence-corrected chi connectivity index (χ1v) is 12.6. The molecular formula is C34H16N6. The zero-order chi connectivity index (χ0) is 27.2. The molecule has 1 heterocycles. The third kappa shape index (κ3) is 3.37. The van der Waals surface area contributed by atoms with Crippen LogP contribution in [0, 0.1) is 34.1 Å². The van der Waals surface area contributed by atoms with Gasteiger partial charge in [0.25, 0.3) is 0 Å². The van der Waals surface area contributed by atoms with Crippen LogP contribution in [-0.4, -0.2) is 15.7 Å². The highest BCUT2D eigenvalue weighted by Gasteiger charge is 2.36. The molecule has 0 N–H and O–H groups in total. The molecule has 6 heteroatoms. The number of hydrogen-bond acceptors (Lipinski definition) is 6. The summed E-state index contributed by atoms with van der Waals surface area (Å²) < 4.78 is 0. The maximum atomic E-state index is 9.89. The van der Waals surface area contributed by atoms with E-state index in [9.17, 15) is 15.8 Å². The Bertz CT molecular complexity index is 2050. The minimum Gasteiger partial charge on any atom is -0.243 e. The van der Waals surface area contributed by atoms with Crippen molar-refractivity contribution in [1.29, 1.82) is 15.8 Å². The minimum absolute atomic E-state index is 0.0250. The molecule has 40 heavy (non-hydrogen) atoms. The van der Waals surface area contributed by atoms with E-state index in [1.165, 1.54) is 0 Å². The van der Waals surface area contributed by atoms with Gasteiger partial charge in [-0.1, -0.05) is 84.9 Å². The molecule has 6 nitrogen and oxygen atoms in total. The lowest BCUT2D eigenvalue weighted by Crippen LogP contribution is -2.04. The molecule has 2 aliphatic rings. The van der Waals surface area contributed by atoms with Crippen LogP contribution in [0.3, 0.4) is 0 Å². The van der Waals surface area contributed by atoms with E-state index in [4.69, 9.17) is 9.97 Å². The van der Waals surface area contributed by atoms with Gasteiger partial charge in [0, 0.05) is 22.3 Å². The summed E-state index contributed by atoms with van der Waals surface area (Å²) in [4.78, 5) is 14.2. The number of allylic oxidation sites excluding steroid dienone is 1. The van der Waals surface area contributed by atoms with Crippen molar-refractivity contribution >= 4 is 11.3 Å². The topological polar surface area (TPSA) is 110 Å². The molecule has 0 aliphatic heterocycles. The molecule has 0 spiro atoms. The third-order valence-corrected chi connectivity index (χ3v) is 7.28. The molecule has 0 unspecified atom stereocenters. The van der Waals surface area contributed by atoms with Crippen LogP contribution in [0.25, 0.3) is 50.3 Å². The molecule has 4 aromatic carbocycles. The fourth-order valence-electron chi connectivity index (χ4n) is 5.48. The largest absolute Gasteiger partial charge is 0.243 e. The van der Waals surface area contributed by atoms with Crippen molar-refractivity contribution in [2.45, 2.75) is 0 Å². The van der Waals surface area contributed by atoms with Crippen molar-refractivity contribution in [2.24, 2.45) is 4.99 Å². The summed E-state index contributed by atoms with van der Waals surface area (Å²) in [7, 11) is 0. The zero-order valence-electron chi connectivity index (χ0n) is 20.9. The van der Waals surface area contributed by atoms with Gasteiger partial charge in [0.15, 0.2) is 0 Å². The van der Waals surface area contributed by atoms with E-state index in [2.05, 4.69) is 17.1 Å². The highest BCUT2D eigenvalue weighted by Crippen LogP contribution is 2.48. The molecule has 0 saturated heterocycles. The van der Waals surface area contributed by atoms with Crippen LogP contribution in [0.4, 0.5) is 0 Å². The van der Waals surface area contributed by atoms with Crippen molar-refractivity contribution in [3.05, 3.63) is 125 Å². The second kappa shape index (κ2) is 8.99. The van der Waals surface area contributed by atoms with Gasteiger partial charge in [0.1, 0.15) is 34.8 Å². The Kier molecular flexibility index (Phi) is 5.17. The van der Waals surface area contributed by atoms with Gasteiger partial charge in [0.2, 0.25) is 6.19 Å². The Morgan fingerprint density at radius 3 is 1.62 bits per heavy atom. The predicted molar refractivity (Wildman–Crippen MR) is 152 cm³/mol. The first-order chi connectivity index (χ1) is 19.7. The second-order valence-electron chi connectivity index (χ2n) is 9.40. The van der Waals surface area contributed by atoms with Crippen molar-refractivity contribution < 1.29 is 0 Å². The van der Waals surface area contributed by atoms with Crippen LogP contribution in [0.15, 0.2) is 108 Å². The van der Waals surface area contributed by atoms with Crippen LogP contribution in [0.1, 0.15) is 22.5 Å². The highest BCUT2D eigenvalue weighted by molar-refractivity contribution is 6.24. The Balaban J connectivity index is 1.46. The lowest BCUT2D eigenvalue weighted by molar-refractivity contribution is 1.19. The predicted octanol–water partition coefficient (Wildman–Crippen LogP) is 6.94. The molecule has 7 rings (SSSR count). The van der Waals surface area contributed by atoms with E-state index >= 15 is 0 Å². The monoisotopic (exact) mass is 508 g/mol. The molecule has 0 amide bonds. The Labute approximate surface area is 230 Å². The normalized spacial score (nSPS) is 12.9. The van der Waals surface area contributed by atoms with Gasteiger partial charge < -0.3 is 0 Å². The Hall–Kier alpha value is -6.16. The summed E-state index contributed by atoms with van der Waals surface area (Å²) in [5.74, 6) is 0. The zero-order valence-corrected chi connectivity index (χ0v) is 20.9.